The van der Waals surface area contributed by atoms with Crippen LogP contribution in [0.5, 0.6) is 0 Å². The van der Waals surface area contributed by atoms with Crippen LogP contribution in [0.1, 0.15) is 19.4 Å². The predicted octanol–water partition coefficient (Wildman–Crippen LogP) is 2.02. The fourth-order valence-corrected chi connectivity index (χ4v) is 2.00. The lowest BCUT2D eigenvalue weighted by atomic mass is 10.1. The van der Waals surface area contributed by atoms with E-state index < -0.39 is 0 Å². The van der Waals surface area contributed by atoms with Crippen molar-refractivity contribution in [1.82, 2.24) is 5.32 Å². The number of hydrogen-bond donors (Lipinski definition) is 3. The van der Waals surface area contributed by atoms with Gasteiger partial charge in [0.05, 0.1) is 0 Å². The predicted molar refractivity (Wildman–Crippen MR) is 81.8 cm³/mol. The molecule has 1 rings (SSSR count). The number of anilines is 1. The van der Waals surface area contributed by atoms with Crippen molar-refractivity contribution in [2.45, 2.75) is 19.9 Å². The summed E-state index contributed by atoms with van der Waals surface area (Å²) in [5.74, 6) is -0.0608. The van der Waals surface area contributed by atoms with Crippen molar-refractivity contribution in [3.63, 3.8) is 0 Å². The van der Waals surface area contributed by atoms with Gasteiger partial charge in [-0.05, 0) is 32.0 Å². The van der Waals surface area contributed by atoms with Crippen LogP contribution in [0, 0.1) is 0 Å². The van der Waals surface area contributed by atoms with E-state index in [-0.39, 0.29) is 11.9 Å². The van der Waals surface area contributed by atoms with Gasteiger partial charge < -0.3 is 16.4 Å². The van der Waals surface area contributed by atoms with Gasteiger partial charge in [0.1, 0.15) is 11.0 Å². The number of nitrogens with two attached hydrogens (primary N) is 1. The highest BCUT2D eigenvalue weighted by atomic mass is 79.9. The van der Waals surface area contributed by atoms with Gasteiger partial charge in [-0.2, -0.15) is 0 Å². The molecule has 0 fully saturated rings. The molecule has 18 heavy (non-hydrogen) atoms. The summed E-state index contributed by atoms with van der Waals surface area (Å²) in [5.41, 5.74) is 7.14. The van der Waals surface area contributed by atoms with Crippen molar-refractivity contribution in [3.05, 3.63) is 28.2 Å². The molecule has 0 aliphatic carbocycles. The molecule has 1 aromatic carbocycles. The third-order valence-electron chi connectivity index (χ3n) is 2.36. The van der Waals surface area contributed by atoms with Crippen LogP contribution < -0.4 is 16.4 Å². The van der Waals surface area contributed by atoms with Crippen LogP contribution in [0.3, 0.4) is 0 Å². The fourth-order valence-electron chi connectivity index (χ4n) is 1.47. The van der Waals surface area contributed by atoms with Gasteiger partial charge in [0.25, 0.3) is 0 Å². The van der Waals surface area contributed by atoms with Gasteiger partial charge in [-0.15, -0.1) is 0 Å². The number of nitrogens with one attached hydrogen (secondary N) is 2. The van der Waals surface area contributed by atoms with Gasteiger partial charge in [0, 0.05) is 22.3 Å². The van der Waals surface area contributed by atoms with Crippen molar-refractivity contribution in [3.8, 4) is 0 Å². The maximum atomic E-state index is 11.6. The molecule has 0 aliphatic rings. The van der Waals surface area contributed by atoms with E-state index in [0.29, 0.717) is 11.5 Å². The van der Waals surface area contributed by atoms with Gasteiger partial charge in [-0.1, -0.05) is 28.1 Å². The Hall–Kier alpha value is -1.14. The van der Waals surface area contributed by atoms with Crippen LogP contribution in [0.2, 0.25) is 0 Å². The third kappa shape index (κ3) is 3.96. The van der Waals surface area contributed by atoms with E-state index in [0.717, 1.165) is 15.7 Å². The highest BCUT2D eigenvalue weighted by Gasteiger charge is 2.14. The second-order valence-electron chi connectivity index (χ2n) is 3.81. The van der Waals surface area contributed by atoms with Crippen LogP contribution in [0.4, 0.5) is 5.69 Å². The number of carbonyl (C=O) groups excluding carboxylic acids is 1. The van der Waals surface area contributed by atoms with Crippen molar-refractivity contribution < 1.29 is 4.79 Å². The zero-order valence-corrected chi connectivity index (χ0v) is 12.7. The van der Waals surface area contributed by atoms with E-state index in [4.69, 9.17) is 18.0 Å². The Kier molecular flexibility index (Phi) is 5.55. The Balaban J connectivity index is 2.90. The smallest absolute Gasteiger partial charge is 0.242 e. The zero-order valence-electron chi connectivity index (χ0n) is 10.3. The number of amides is 1. The Labute approximate surface area is 120 Å². The number of benzene rings is 1. The molecule has 6 heteroatoms. The molecule has 0 radical (unpaired) electrons. The second kappa shape index (κ2) is 6.70. The van der Waals surface area contributed by atoms with Gasteiger partial charge in [-0.25, -0.2) is 0 Å². The van der Waals surface area contributed by atoms with Crippen LogP contribution in [0.15, 0.2) is 22.7 Å². The average molecular weight is 330 g/mol. The van der Waals surface area contributed by atoms with Gasteiger partial charge in [0.15, 0.2) is 0 Å². The minimum Gasteiger partial charge on any atom is -0.389 e. The van der Waals surface area contributed by atoms with Crippen LogP contribution >= 0.6 is 28.1 Å². The lowest BCUT2D eigenvalue weighted by Gasteiger charge is -2.17. The largest absolute Gasteiger partial charge is 0.389 e. The van der Waals surface area contributed by atoms with E-state index >= 15 is 0 Å². The summed E-state index contributed by atoms with van der Waals surface area (Å²) in [6, 6.07) is 5.19. The summed E-state index contributed by atoms with van der Waals surface area (Å²) in [5, 5.41) is 5.85. The molecule has 1 atom stereocenters. The first-order chi connectivity index (χ1) is 8.45. The van der Waals surface area contributed by atoms with Crippen molar-refractivity contribution in [2.75, 3.05) is 11.9 Å². The van der Waals surface area contributed by atoms with Crippen LogP contribution in [-0.2, 0) is 4.79 Å². The van der Waals surface area contributed by atoms with Gasteiger partial charge in [0.2, 0.25) is 5.91 Å². The number of hydrogen-bond acceptors (Lipinski definition) is 3. The molecular weight excluding hydrogens is 314 g/mol. The first kappa shape index (κ1) is 14.9. The molecule has 1 amide bonds. The number of rotatable bonds is 5. The van der Waals surface area contributed by atoms with Crippen LogP contribution in [-0.4, -0.2) is 23.5 Å². The van der Waals surface area contributed by atoms with E-state index in [1.807, 2.05) is 25.1 Å². The molecule has 0 saturated heterocycles. The molecule has 98 valence electrons. The Morgan fingerprint density at radius 3 is 2.78 bits per heavy atom. The molecule has 0 aliphatic heterocycles. The molecule has 0 spiro atoms. The van der Waals surface area contributed by atoms with E-state index in [2.05, 4.69) is 26.6 Å². The molecule has 0 aromatic heterocycles. The lowest BCUT2D eigenvalue weighted by molar-refractivity contribution is -0.121. The van der Waals surface area contributed by atoms with E-state index in [1.54, 1.807) is 6.92 Å². The normalized spacial score (nSPS) is 11.7. The number of halogens is 1. The molecular formula is C12H16BrN3OS. The highest BCUT2D eigenvalue weighted by molar-refractivity contribution is 9.10. The molecule has 0 saturated carbocycles. The molecule has 0 heterocycles. The SMILES string of the molecule is CCNC(=O)C(C)Nc1ccc(Br)cc1C(N)=S. The summed E-state index contributed by atoms with van der Waals surface area (Å²) in [7, 11) is 0. The Bertz CT molecular complexity index is 465. The fraction of sp³-hybridized carbons (Fsp3) is 0.333. The minimum absolute atomic E-state index is 0.0608. The summed E-state index contributed by atoms with van der Waals surface area (Å²) >= 11 is 8.36. The second-order valence-corrected chi connectivity index (χ2v) is 5.17. The summed E-state index contributed by atoms with van der Waals surface area (Å²) in [6.45, 7) is 4.27. The topological polar surface area (TPSA) is 67.2 Å². The zero-order chi connectivity index (χ0) is 13.7. The van der Waals surface area contributed by atoms with E-state index in [9.17, 15) is 4.79 Å². The summed E-state index contributed by atoms with van der Waals surface area (Å²) in [4.78, 5) is 11.9. The van der Waals surface area contributed by atoms with Gasteiger partial charge in [-0.3, -0.25) is 4.79 Å². The standard InChI is InChI=1S/C12H16BrN3OS/c1-3-15-12(17)7(2)16-10-5-4-8(13)6-9(10)11(14)18/h4-7,16H,3H2,1-2H3,(H2,14,18)(H,15,17). The first-order valence-corrected chi connectivity index (χ1v) is 6.79. The molecule has 0 bridgehead atoms. The van der Waals surface area contributed by atoms with E-state index in [1.165, 1.54) is 0 Å². The lowest BCUT2D eigenvalue weighted by Crippen LogP contribution is -2.37. The van der Waals surface area contributed by atoms with Gasteiger partial charge >= 0.3 is 0 Å². The molecule has 4 nitrogen and oxygen atoms in total. The number of likely N-dealkylation sites (N-methyl/N-ethyl adjacent to an activating group) is 1. The van der Waals surface area contributed by atoms with Crippen molar-refractivity contribution in [1.29, 1.82) is 0 Å². The maximum Gasteiger partial charge on any atom is 0.242 e. The first-order valence-electron chi connectivity index (χ1n) is 5.59. The minimum atomic E-state index is -0.348. The number of thiocarbonyl (C=S) groups is 1. The summed E-state index contributed by atoms with van der Waals surface area (Å²) in [6.07, 6.45) is 0. The quantitative estimate of drug-likeness (QED) is 0.723. The monoisotopic (exact) mass is 329 g/mol. The Morgan fingerprint density at radius 1 is 1.56 bits per heavy atom. The highest BCUT2D eigenvalue weighted by Crippen LogP contribution is 2.21. The van der Waals surface area contributed by atoms with Crippen molar-refractivity contribution >= 4 is 44.7 Å². The molecule has 4 N–H and O–H groups in total. The summed E-state index contributed by atoms with van der Waals surface area (Å²) < 4.78 is 0.890. The average Bonchev–Trinajstić information content (AvgIpc) is 2.31. The molecule has 1 unspecified atom stereocenters. The molecule has 1 aromatic rings. The van der Waals surface area contributed by atoms with Crippen LogP contribution in [0.25, 0.3) is 0 Å². The Morgan fingerprint density at radius 2 is 2.22 bits per heavy atom. The van der Waals surface area contributed by atoms with Crippen molar-refractivity contribution in [2.24, 2.45) is 5.73 Å². The third-order valence-corrected chi connectivity index (χ3v) is 3.08. The maximum absolute atomic E-state index is 11.6. The number of carbonyl (C=O) groups is 1.